The molecular formula is C12H10BrCl2N3O. The van der Waals surface area contributed by atoms with E-state index in [-0.39, 0.29) is 5.91 Å². The predicted octanol–water partition coefficient (Wildman–Crippen LogP) is 4.15. The Morgan fingerprint density at radius 1 is 1.47 bits per heavy atom. The standard InChI is InChI=1S/C12H10BrCl2N3O/c1-7(18-6-8(13)5-16-18)12(19)17-10-4-2-3-9(14)11(10)15/h2-7H,1H3,(H,17,19). The van der Waals surface area contributed by atoms with E-state index in [2.05, 4.69) is 26.3 Å². The third-order valence-electron chi connectivity index (χ3n) is 2.56. The average molecular weight is 363 g/mol. The number of hydrogen-bond acceptors (Lipinski definition) is 2. The van der Waals surface area contributed by atoms with Gasteiger partial charge in [-0.3, -0.25) is 9.48 Å². The zero-order valence-corrected chi connectivity index (χ0v) is 13.0. The summed E-state index contributed by atoms with van der Waals surface area (Å²) in [7, 11) is 0. The van der Waals surface area contributed by atoms with E-state index >= 15 is 0 Å². The largest absolute Gasteiger partial charge is 0.323 e. The normalized spacial score (nSPS) is 12.2. The summed E-state index contributed by atoms with van der Waals surface area (Å²) in [6.45, 7) is 1.74. The molecule has 2 aromatic rings. The molecule has 0 aliphatic carbocycles. The van der Waals surface area contributed by atoms with Crippen LogP contribution in [0.15, 0.2) is 35.1 Å². The molecule has 1 aromatic heterocycles. The van der Waals surface area contributed by atoms with Crippen molar-refractivity contribution in [3.05, 3.63) is 45.1 Å². The highest BCUT2D eigenvalue weighted by Crippen LogP contribution is 2.30. The van der Waals surface area contributed by atoms with Gasteiger partial charge in [-0.2, -0.15) is 5.10 Å². The Balaban J connectivity index is 2.15. The molecule has 1 N–H and O–H groups in total. The lowest BCUT2D eigenvalue weighted by atomic mass is 10.2. The quantitative estimate of drug-likeness (QED) is 0.891. The fourth-order valence-corrected chi connectivity index (χ4v) is 2.13. The van der Waals surface area contributed by atoms with Crippen LogP contribution in [0.25, 0.3) is 0 Å². The molecule has 0 fully saturated rings. The fourth-order valence-electron chi connectivity index (χ4n) is 1.48. The Morgan fingerprint density at radius 3 is 2.84 bits per heavy atom. The molecule has 1 amide bonds. The SMILES string of the molecule is CC(C(=O)Nc1cccc(Cl)c1Cl)n1cc(Br)cn1. The molecule has 0 spiro atoms. The summed E-state index contributed by atoms with van der Waals surface area (Å²) in [6.07, 6.45) is 3.35. The zero-order chi connectivity index (χ0) is 14.0. The van der Waals surface area contributed by atoms with E-state index in [0.29, 0.717) is 15.7 Å². The Hall–Kier alpha value is -1.04. The van der Waals surface area contributed by atoms with Gasteiger partial charge in [-0.1, -0.05) is 29.3 Å². The van der Waals surface area contributed by atoms with E-state index in [9.17, 15) is 4.79 Å². The summed E-state index contributed by atoms with van der Waals surface area (Å²) in [6, 6.07) is 4.62. The van der Waals surface area contributed by atoms with Gasteiger partial charge in [-0.15, -0.1) is 0 Å². The molecule has 1 aromatic carbocycles. The molecule has 7 heteroatoms. The highest BCUT2D eigenvalue weighted by atomic mass is 79.9. The number of nitrogens with zero attached hydrogens (tertiary/aromatic N) is 2. The third kappa shape index (κ3) is 3.29. The van der Waals surface area contributed by atoms with Gasteiger partial charge in [0.2, 0.25) is 5.91 Å². The number of carbonyl (C=O) groups excluding carboxylic acids is 1. The molecule has 1 heterocycles. The summed E-state index contributed by atoms with van der Waals surface area (Å²) in [5, 5.41) is 7.52. The van der Waals surface area contributed by atoms with Gasteiger partial charge in [-0.05, 0) is 35.0 Å². The molecule has 0 radical (unpaired) electrons. The van der Waals surface area contributed by atoms with Crippen molar-refractivity contribution in [2.45, 2.75) is 13.0 Å². The van der Waals surface area contributed by atoms with Crippen LogP contribution < -0.4 is 5.32 Å². The van der Waals surface area contributed by atoms with Crippen molar-refractivity contribution in [2.24, 2.45) is 0 Å². The van der Waals surface area contributed by atoms with Gasteiger partial charge < -0.3 is 5.32 Å². The van der Waals surface area contributed by atoms with Gasteiger partial charge in [0.1, 0.15) is 6.04 Å². The summed E-state index contributed by atoms with van der Waals surface area (Å²) in [5.41, 5.74) is 0.484. The Labute approximate surface area is 128 Å². The van der Waals surface area contributed by atoms with Crippen molar-refractivity contribution in [1.82, 2.24) is 9.78 Å². The highest BCUT2D eigenvalue weighted by molar-refractivity contribution is 9.10. The van der Waals surface area contributed by atoms with Crippen molar-refractivity contribution in [1.29, 1.82) is 0 Å². The van der Waals surface area contributed by atoms with Crippen LogP contribution in [0.2, 0.25) is 10.0 Å². The first-order valence-electron chi connectivity index (χ1n) is 5.43. The average Bonchev–Trinajstić information content (AvgIpc) is 2.80. The van der Waals surface area contributed by atoms with E-state index in [1.165, 1.54) is 0 Å². The summed E-state index contributed by atoms with van der Waals surface area (Å²) >= 11 is 15.2. The number of rotatable bonds is 3. The van der Waals surface area contributed by atoms with E-state index < -0.39 is 6.04 Å². The molecule has 1 atom stereocenters. The van der Waals surface area contributed by atoms with Crippen molar-refractivity contribution < 1.29 is 4.79 Å². The molecule has 19 heavy (non-hydrogen) atoms. The molecule has 100 valence electrons. The Kier molecular flexibility index (Phi) is 4.50. The smallest absolute Gasteiger partial charge is 0.248 e. The maximum absolute atomic E-state index is 12.1. The molecule has 2 rings (SSSR count). The minimum absolute atomic E-state index is 0.222. The maximum atomic E-state index is 12.1. The van der Waals surface area contributed by atoms with E-state index in [1.807, 2.05) is 0 Å². The first kappa shape index (κ1) is 14.4. The van der Waals surface area contributed by atoms with Gasteiger partial charge in [0.05, 0.1) is 26.4 Å². The summed E-state index contributed by atoms with van der Waals surface area (Å²) in [5.74, 6) is -0.222. The minimum atomic E-state index is -0.457. The van der Waals surface area contributed by atoms with E-state index in [1.54, 1.807) is 42.2 Å². The lowest BCUT2D eigenvalue weighted by Crippen LogP contribution is -2.24. The van der Waals surface area contributed by atoms with Gasteiger partial charge in [-0.25, -0.2) is 0 Å². The van der Waals surface area contributed by atoms with Crippen LogP contribution >= 0.6 is 39.1 Å². The Morgan fingerprint density at radius 2 is 2.21 bits per heavy atom. The predicted molar refractivity (Wildman–Crippen MR) is 79.7 cm³/mol. The molecule has 0 aliphatic rings. The number of nitrogens with one attached hydrogen (secondary N) is 1. The number of halogens is 3. The second-order valence-electron chi connectivity index (χ2n) is 3.91. The van der Waals surface area contributed by atoms with Crippen LogP contribution in [0.4, 0.5) is 5.69 Å². The lowest BCUT2D eigenvalue weighted by molar-refractivity contribution is -0.119. The van der Waals surface area contributed by atoms with E-state index in [4.69, 9.17) is 23.2 Å². The third-order valence-corrected chi connectivity index (χ3v) is 3.78. The van der Waals surface area contributed by atoms with Crippen LogP contribution in [0.1, 0.15) is 13.0 Å². The topological polar surface area (TPSA) is 46.9 Å². The molecular weight excluding hydrogens is 353 g/mol. The molecule has 0 bridgehead atoms. The number of anilines is 1. The fraction of sp³-hybridized carbons (Fsp3) is 0.167. The monoisotopic (exact) mass is 361 g/mol. The van der Waals surface area contributed by atoms with Gasteiger partial charge in [0.25, 0.3) is 0 Å². The summed E-state index contributed by atoms with van der Waals surface area (Å²) < 4.78 is 2.37. The van der Waals surface area contributed by atoms with Gasteiger partial charge in [0.15, 0.2) is 0 Å². The first-order chi connectivity index (χ1) is 8.99. The van der Waals surface area contributed by atoms with E-state index in [0.717, 1.165) is 4.47 Å². The van der Waals surface area contributed by atoms with Gasteiger partial charge in [0, 0.05) is 6.20 Å². The minimum Gasteiger partial charge on any atom is -0.323 e. The number of amides is 1. The van der Waals surface area contributed by atoms with Crippen molar-refractivity contribution in [2.75, 3.05) is 5.32 Å². The van der Waals surface area contributed by atoms with Crippen LogP contribution in [-0.4, -0.2) is 15.7 Å². The van der Waals surface area contributed by atoms with Crippen LogP contribution in [-0.2, 0) is 4.79 Å². The lowest BCUT2D eigenvalue weighted by Gasteiger charge is -2.13. The van der Waals surface area contributed by atoms with Crippen molar-refractivity contribution in [3.63, 3.8) is 0 Å². The number of hydrogen-bond donors (Lipinski definition) is 1. The molecule has 0 aliphatic heterocycles. The van der Waals surface area contributed by atoms with Crippen molar-refractivity contribution >= 4 is 50.7 Å². The highest BCUT2D eigenvalue weighted by Gasteiger charge is 2.17. The second-order valence-corrected chi connectivity index (χ2v) is 5.61. The van der Waals surface area contributed by atoms with Gasteiger partial charge >= 0.3 is 0 Å². The first-order valence-corrected chi connectivity index (χ1v) is 6.98. The molecule has 0 saturated heterocycles. The van der Waals surface area contributed by atoms with Crippen LogP contribution in [0.5, 0.6) is 0 Å². The zero-order valence-electron chi connectivity index (χ0n) is 9.90. The number of aromatic nitrogens is 2. The number of carbonyl (C=O) groups is 1. The molecule has 1 unspecified atom stereocenters. The second kappa shape index (κ2) is 5.94. The molecule has 0 saturated carbocycles. The maximum Gasteiger partial charge on any atom is 0.248 e. The Bertz CT molecular complexity index is 615. The number of benzene rings is 1. The summed E-state index contributed by atoms with van der Waals surface area (Å²) in [4.78, 5) is 12.1. The van der Waals surface area contributed by atoms with Crippen molar-refractivity contribution in [3.8, 4) is 0 Å². The molecule has 4 nitrogen and oxygen atoms in total. The van der Waals surface area contributed by atoms with Crippen LogP contribution in [0.3, 0.4) is 0 Å². The van der Waals surface area contributed by atoms with Crippen LogP contribution in [0, 0.1) is 0 Å².